The third-order valence-corrected chi connectivity index (χ3v) is 6.13. The molecule has 1 aromatic carbocycles. The first-order chi connectivity index (χ1) is 13.1. The summed E-state index contributed by atoms with van der Waals surface area (Å²) in [6, 6.07) is 9.14. The highest BCUT2D eigenvalue weighted by Gasteiger charge is 2.14. The molecule has 0 fully saturated rings. The fraction of sp³-hybridized carbons (Fsp3) is 0.211. The van der Waals surface area contributed by atoms with E-state index >= 15 is 0 Å². The van der Waals surface area contributed by atoms with Gasteiger partial charge in [0, 0.05) is 29.6 Å². The molecule has 2 heterocycles. The maximum Gasteiger partial charge on any atom is 0.338 e. The van der Waals surface area contributed by atoms with Crippen molar-refractivity contribution < 1.29 is 14.3 Å². The van der Waals surface area contributed by atoms with E-state index in [1.807, 2.05) is 39.8 Å². The summed E-state index contributed by atoms with van der Waals surface area (Å²) in [7, 11) is 1.70. The highest BCUT2D eigenvalue weighted by Crippen LogP contribution is 2.23. The number of aromatic nitrogens is 1. The first-order valence-electron chi connectivity index (χ1n) is 8.14. The molecule has 2 aromatic heterocycles. The molecule has 0 bridgehead atoms. The van der Waals surface area contributed by atoms with Crippen LogP contribution in [0.1, 0.15) is 21.6 Å². The Morgan fingerprint density at radius 2 is 1.96 bits per heavy atom. The summed E-state index contributed by atoms with van der Waals surface area (Å²) >= 11 is 4.81. The standard InChI is InChI=1S/C19H18N2O3S3/c1-21(8-14-6-7-25-10-14)18(22)9-24-19(23)15-2-4-17(5-3-15)27-12-16-11-26-13-20-16/h2-7,10-11,13H,8-9,12H2,1H3. The van der Waals surface area contributed by atoms with Gasteiger partial charge in [-0.1, -0.05) is 0 Å². The van der Waals surface area contributed by atoms with Crippen LogP contribution in [0.5, 0.6) is 0 Å². The van der Waals surface area contributed by atoms with E-state index in [-0.39, 0.29) is 12.5 Å². The zero-order valence-electron chi connectivity index (χ0n) is 14.7. The van der Waals surface area contributed by atoms with Crippen LogP contribution in [0.3, 0.4) is 0 Å². The molecule has 140 valence electrons. The number of thioether (sulfide) groups is 1. The molecular formula is C19H18N2O3S3. The predicted octanol–water partition coefficient (Wildman–Crippen LogP) is 4.31. The van der Waals surface area contributed by atoms with Gasteiger partial charge >= 0.3 is 5.97 Å². The van der Waals surface area contributed by atoms with Crippen molar-refractivity contribution >= 4 is 46.3 Å². The zero-order valence-corrected chi connectivity index (χ0v) is 17.1. The molecule has 0 spiro atoms. The predicted molar refractivity (Wildman–Crippen MR) is 109 cm³/mol. The number of nitrogens with zero attached hydrogens (tertiary/aromatic N) is 2. The maximum absolute atomic E-state index is 12.1. The van der Waals surface area contributed by atoms with Crippen LogP contribution in [-0.2, 0) is 21.8 Å². The molecule has 0 aliphatic rings. The summed E-state index contributed by atoms with van der Waals surface area (Å²) in [6.07, 6.45) is 0. The Hall–Kier alpha value is -2.16. The summed E-state index contributed by atoms with van der Waals surface area (Å²) < 4.78 is 5.15. The van der Waals surface area contributed by atoms with Crippen molar-refractivity contribution in [3.8, 4) is 0 Å². The summed E-state index contributed by atoms with van der Waals surface area (Å²) in [4.78, 5) is 31.1. The molecule has 5 nitrogen and oxygen atoms in total. The van der Waals surface area contributed by atoms with Crippen molar-refractivity contribution in [1.82, 2.24) is 9.88 Å². The van der Waals surface area contributed by atoms with E-state index in [0.717, 1.165) is 21.9 Å². The molecule has 27 heavy (non-hydrogen) atoms. The third kappa shape index (κ3) is 5.92. The molecule has 0 N–H and O–H groups in total. The Balaban J connectivity index is 1.45. The van der Waals surface area contributed by atoms with Gasteiger partial charge in [0.15, 0.2) is 6.61 Å². The van der Waals surface area contributed by atoms with E-state index in [0.29, 0.717) is 12.1 Å². The van der Waals surface area contributed by atoms with Gasteiger partial charge in [-0.3, -0.25) is 4.79 Å². The number of thiazole rings is 1. The van der Waals surface area contributed by atoms with Crippen molar-refractivity contribution in [1.29, 1.82) is 0 Å². The van der Waals surface area contributed by atoms with E-state index in [1.54, 1.807) is 58.5 Å². The van der Waals surface area contributed by atoms with Crippen molar-refractivity contribution in [2.75, 3.05) is 13.7 Å². The topological polar surface area (TPSA) is 59.5 Å². The van der Waals surface area contributed by atoms with Crippen LogP contribution in [0.25, 0.3) is 0 Å². The van der Waals surface area contributed by atoms with Crippen LogP contribution in [0.2, 0.25) is 0 Å². The first-order valence-corrected chi connectivity index (χ1v) is 11.0. The second-order valence-corrected chi connectivity index (χ2v) is 8.30. The smallest absolute Gasteiger partial charge is 0.338 e. The number of likely N-dealkylation sites (N-methyl/N-ethyl adjacent to an activating group) is 1. The van der Waals surface area contributed by atoms with E-state index in [4.69, 9.17) is 4.74 Å². The van der Waals surface area contributed by atoms with Gasteiger partial charge in [0.2, 0.25) is 0 Å². The highest BCUT2D eigenvalue weighted by atomic mass is 32.2. The second kappa shape index (κ2) is 9.68. The number of amides is 1. The summed E-state index contributed by atoms with van der Waals surface area (Å²) in [5.41, 5.74) is 4.35. The zero-order chi connectivity index (χ0) is 19.1. The van der Waals surface area contributed by atoms with Crippen LogP contribution in [-0.4, -0.2) is 35.4 Å². The van der Waals surface area contributed by atoms with Crippen molar-refractivity contribution in [3.05, 3.63) is 68.8 Å². The average molecular weight is 419 g/mol. The Morgan fingerprint density at radius 3 is 2.63 bits per heavy atom. The lowest BCUT2D eigenvalue weighted by Crippen LogP contribution is -2.30. The molecule has 1 amide bonds. The van der Waals surface area contributed by atoms with Crippen molar-refractivity contribution in [2.24, 2.45) is 0 Å². The van der Waals surface area contributed by atoms with Crippen molar-refractivity contribution in [2.45, 2.75) is 17.2 Å². The van der Waals surface area contributed by atoms with Crippen LogP contribution in [0.15, 0.2) is 56.9 Å². The fourth-order valence-corrected chi connectivity index (χ4v) is 4.34. The molecule has 0 saturated heterocycles. The molecule has 0 radical (unpaired) electrons. The van der Waals surface area contributed by atoms with Gasteiger partial charge in [0.1, 0.15) is 0 Å². The van der Waals surface area contributed by atoms with E-state index in [1.165, 1.54) is 0 Å². The van der Waals surface area contributed by atoms with Crippen LogP contribution >= 0.6 is 34.4 Å². The van der Waals surface area contributed by atoms with Gasteiger partial charge < -0.3 is 9.64 Å². The largest absolute Gasteiger partial charge is 0.452 e. The first kappa shape index (κ1) is 19.6. The Morgan fingerprint density at radius 1 is 1.15 bits per heavy atom. The SMILES string of the molecule is CN(Cc1ccsc1)C(=O)COC(=O)c1ccc(SCc2cscn2)cc1. The summed E-state index contributed by atoms with van der Waals surface area (Å²) in [5, 5.41) is 5.97. The van der Waals surface area contributed by atoms with Gasteiger partial charge in [-0.05, 0) is 46.7 Å². The van der Waals surface area contributed by atoms with Gasteiger partial charge in [0.25, 0.3) is 5.91 Å². The Bertz CT molecular complexity index is 862. The minimum atomic E-state index is -0.497. The third-order valence-electron chi connectivity index (χ3n) is 3.71. The molecular weight excluding hydrogens is 400 g/mol. The van der Waals surface area contributed by atoms with Crippen LogP contribution in [0, 0.1) is 0 Å². The lowest BCUT2D eigenvalue weighted by Gasteiger charge is -2.16. The summed E-state index contributed by atoms with van der Waals surface area (Å²) in [5.74, 6) is 0.0615. The normalized spacial score (nSPS) is 10.6. The molecule has 0 aliphatic carbocycles. The number of benzene rings is 1. The van der Waals surface area contributed by atoms with E-state index < -0.39 is 5.97 Å². The van der Waals surface area contributed by atoms with Crippen LogP contribution in [0.4, 0.5) is 0 Å². The fourth-order valence-electron chi connectivity index (χ4n) is 2.22. The van der Waals surface area contributed by atoms with Gasteiger partial charge in [0.05, 0.1) is 16.8 Å². The van der Waals surface area contributed by atoms with E-state index in [2.05, 4.69) is 4.98 Å². The monoisotopic (exact) mass is 418 g/mol. The second-order valence-electron chi connectivity index (χ2n) is 5.75. The minimum absolute atomic E-state index is 0.231. The highest BCUT2D eigenvalue weighted by molar-refractivity contribution is 7.98. The number of rotatable bonds is 8. The van der Waals surface area contributed by atoms with Crippen molar-refractivity contribution in [3.63, 3.8) is 0 Å². The van der Waals surface area contributed by atoms with E-state index in [9.17, 15) is 9.59 Å². The molecule has 8 heteroatoms. The number of ether oxygens (including phenoxy) is 1. The Labute approximate surface area is 170 Å². The number of thiophene rings is 1. The lowest BCUT2D eigenvalue weighted by molar-refractivity contribution is -0.133. The summed E-state index contributed by atoms with van der Waals surface area (Å²) in [6.45, 7) is 0.241. The number of carbonyl (C=O) groups excluding carboxylic acids is 2. The lowest BCUT2D eigenvalue weighted by atomic mass is 10.2. The average Bonchev–Trinajstić information content (AvgIpc) is 3.38. The molecule has 3 rings (SSSR count). The number of hydrogen-bond acceptors (Lipinski definition) is 7. The number of hydrogen-bond donors (Lipinski definition) is 0. The molecule has 0 atom stereocenters. The molecule has 0 aliphatic heterocycles. The molecule has 0 saturated carbocycles. The van der Waals surface area contributed by atoms with Crippen LogP contribution < -0.4 is 0 Å². The van der Waals surface area contributed by atoms with Gasteiger partial charge in [-0.15, -0.1) is 23.1 Å². The quantitative estimate of drug-likeness (QED) is 0.403. The van der Waals surface area contributed by atoms with Gasteiger partial charge in [-0.2, -0.15) is 11.3 Å². The number of esters is 1. The number of carbonyl (C=O) groups is 2. The Kier molecular flexibility index (Phi) is 7.03. The minimum Gasteiger partial charge on any atom is -0.452 e. The molecule has 0 unspecified atom stereocenters. The maximum atomic E-state index is 12.1. The van der Waals surface area contributed by atoms with Gasteiger partial charge in [-0.25, -0.2) is 9.78 Å². The molecule has 3 aromatic rings.